The summed E-state index contributed by atoms with van der Waals surface area (Å²) in [5, 5.41) is 17.6. The summed E-state index contributed by atoms with van der Waals surface area (Å²) in [4.78, 5) is 46.1. The fourth-order valence-electron chi connectivity index (χ4n) is 5.66. The molecular formula is C35H48N4O7S. The molecule has 0 bridgehead atoms. The molecule has 1 fully saturated rings. The van der Waals surface area contributed by atoms with Crippen LogP contribution < -0.4 is 10.1 Å². The largest absolute Gasteiger partial charge is 0.476 e. The number of aromatic nitrogens is 2. The van der Waals surface area contributed by atoms with Gasteiger partial charge in [0.05, 0.1) is 34.7 Å². The van der Waals surface area contributed by atoms with Crippen LogP contribution in [0.2, 0.25) is 0 Å². The Morgan fingerprint density at radius 1 is 1.13 bits per heavy atom. The fourth-order valence-corrected chi connectivity index (χ4v) is 6.47. The van der Waals surface area contributed by atoms with E-state index in [0.717, 1.165) is 34.5 Å². The minimum Gasteiger partial charge on any atom is -0.476 e. The summed E-state index contributed by atoms with van der Waals surface area (Å²) < 4.78 is 16.7. The topological polar surface area (TPSA) is 144 Å². The van der Waals surface area contributed by atoms with Crippen LogP contribution in [0.4, 0.5) is 0 Å². The van der Waals surface area contributed by atoms with Crippen molar-refractivity contribution in [2.75, 3.05) is 13.2 Å². The van der Waals surface area contributed by atoms with Crippen molar-refractivity contribution in [3.8, 4) is 16.3 Å². The lowest BCUT2D eigenvalue weighted by Gasteiger charge is -2.30. The highest BCUT2D eigenvalue weighted by molar-refractivity contribution is 7.13. The lowest BCUT2D eigenvalue weighted by molar-refractivity contribution is -0.155. The number of ether oxygens (including phenoxy) is 2. The Labute approximate surface area is 281 Å². The lowest BCUT2D eigenvalue weighted by atomic mass is 9.91. The number of unbranched alkanes of at least 4 members (excludes halogenated alkanes) is 2. The molecule has 2 N–H and O–H groups in total. The Morgan fingerprint density at radius 3 is 2.49 bits per heavy atom. The number of rotatable bonds is 14. The number of aliphatic hydroxyl groups is 1. The molecule has 4 atom stereocenters. The zero-order valence-electron chi connectivity index (χ0n) is 28.4. The fraction of sp³-hybridized carbons (Fsp3) is 0.571. The maximum Gasteiger partial charge on any atom is 0.306 e. The first kappa shape index (κ1) is 36.1. The number of thiazole rings is 1. The number of nitrogens with zero attached hydrogens (tertiary/aromatic N) is 3. The SMILES string of the molecule is Cc1ncsc1-c1ccc([C@H](C)C(=O)N[C@@H]2C[C@@H](O)CN2C(=O)[C@@H](c2cc(OCCCCCC(=O)OC(C)(C)C)no2)C(C)C)cc1. The smallest absolute Gasteiger partial charge is 0.306 e. The number of amides is 2. The van der Waals surface area contributed by atoms with Crippen LogP contribution in [0.25, 0.3) is 10.4 Å². The number of nitrogens with one attached hydrogen (secondary N) is 1. The third-order valence-electron chi connectivity index (χ3n) is 8.12. The Kier molecular flexibility index (Phi) is 12.2. The number of likely N-dealkylation sites (tertiary alicyclic amines) is 1. The maximum absolute atomic E-state index is 13.9. The van der Waals surface area contributed by atoms with Crippen molar-refractivity contribution in [1.82, 2.24) is 20.4 Å². The minimum absolute atomic E-state index is 0.102. The first-order valence-corrected chi connectivity index (χ1v) is 17.2. The van der Waals surface area contributed by atoms with Gasteiger partial charge in [-0.15, -0.1) is 11.3 Å². The molecule has 12 heteroatoms. The second-order valence-corrected chi connectivity index (χ2v) is 14.4. The van der Waals surface area contributed by atoms with Gasteiger partial charge in [0.25, 0.3) is 5.88 Å². The molecule has 0 saturated carbocycles. The van der Waals surface area contributed by atoms with E-state index in [9.17, 15) is 19.5 Å². The van der Waals surface area contributed by atoms with Crippen LogP contribution in [0.3, 0.4) is 0 Å². The van der Waals surface area contributed by atoms with Gasteiger partial charge in [-0.1, -0.05) is 38.1 Å². The standard InChI is InChI=1S/C35H48N4O7S/c1-21(2)31(27-18-29(38-46-27)44-16-10-8-9-11-30(41)45-35(5,6)7)34(43)39-19-26(40)17-28(39)37-33(42)22(3)24-12-14-25(15-13-24)32-23(4)36-20-47-32/h12-15,18,20-22,26,28,31,40H,8-11,16-17,19H2,1-7H3,(H,37,42)/t22-,26+,28-,31+/m0/s1. The van der Waals surface area contributed by atoms with Crippen LogP contribution in [-0.2, 0) is 19.1 Å². The summed E-state index contributed by atoms with van der Waals surface area (Å²) in [6.07, 6.45) is 1.37. The van der Waals surface area contributed by atoms with E-state index >= 15 is 0 Å². The number of hydrogen-bond acceptors (Lipinski definition) is 10. The second kappa shape index (κ2) is 15.9. The van der Waals surface area contributed by atoms with E-state index in [4.69, 9.17) is 14.0 Å². The van der Waals surface area contributed by atoms with Gasteiger partial charge in [0.2, 0.25) is 11.8 Å². The zero-order chi connectivity index (χ0) is 34.3. The third kappa shape index (κ3) is 9.87. The minimum atomic E-state index is -0.766. The number of aliphatic hydroxyl groups excluding tert-OH is 1. The van der Waals surface area contributed by atoms with E-state index in [1.165, 1.54) is 4.90 Å². The average molecular weight is 669 g/mol. The van der Waals surface area contributed by atoms with Crippen LogP contribution in [0.1, 0.15) is 102 Å². The van der Waals surface area contributed by atoms with E-state index < -0.39 is 29.7 Å². The van der Waals surface area contributed by atoms with Gasteiger partial charge < -0.3 is 29.3 Å². The zero-order valence-corrected chi connectivity index (χ0v) is 29.3. The highest BCUT2D eigenvalue weighted by Crippen LogP contribution is 2.33. The van der Waals surface area contributed by atoms with Gasteiger partial charge >= 0.3 is 5.97 Å². The number of esters is 1. The van der Waals surface area contributed by atoms with E-state index in [2.05, 4.69) is 15.5 Å². The number of β-amino-alcohol motifs (C(OH)–C–C–N with tert-alkyl or cyclic N) is 1. The van der Waals surface area contributed by atoms with Crippen LogP contribution in [0.15, 0.2) is 40.4 Å². The van der Waals surface area contributed by atoms with E-state index in [1.807, 2.05) is 78.2 Å². The van der Waals surface area contributed by atoms with Gasteiger partial charge in [0.1, 0.15) is 17.7 Å². The van der Waals surface area contributed by atoms with Crippen molar-refractivity contribution >= 4 is 29.1 Å². The van der Waals surface area contributed by atoms with Gasteiger partial charge in [-0.3, -0.25) is 14.4 Å². The molecule has 0 spiro atoms. The highest BCUT2D eigenvalue weighted by Gasteiger charge is 2.41. The molecule has 2 aromatic heterocycles. The van der Waals surface area contributed by atoms with Crippen LogP contribution in [0, 0.1) is 12.8 Å². The molecule has 1 saturated heterocycles. The Hall–Kier alpha value is -3.77. The van der Waals surface area contributed by atoms with Crippen molar-refractivity contribution in [2.24, 2.45) is 5.92 Å². The van der Waals surface area contributed by atoms with Crippen molar-refractivity contribution < 1.29 is 33.5 Å². The number of aryl methyl sites for hydroxylation is 1. The molecule has 4 rings (SSSR count). The van der Waals surface area contributed by atoms with E-state index in [1.54, 1.807) is 17.4 Å². The normalized spacial score (nSPS) is 17.9. The van der Waals surface area contributed by atoms with Gasteiger partial charge in [-0.2, -0.15) is 0 Å². The number of benzene rings is 1. The van der Waals surface area contributed by atoms with Crippen molar-refractivity contribution in [1.29, 1.82) is 0 Å². The third-order valence-corrected chi connectivity index (χ3v) is 9.10. The lowest BCUT2D eigenvalue weighted by Crippen LogP contribution is -2.50. The first-order chi connectivity index (χ1) is 22.2. The van der Waals surface area contributed by atoms with Crippen LogP contribution >= 0.6 is 11.3 Å². The van der Waals surface area contributed by atoms with E-state index in [0.29, 0.717) is 25.2 Å². The molecule has 0 aliphatic carbocycles. The van der Waals surface area contributed by atoms with Gasteiger partial charge in [0, 0.05) is 25.5 Å². The molecule has 2 amide bonds. The van der Waals surface area contributed by atoms with Gasteiger partial charge in [-0.25, -0.2) is 4.98 Å². The van der Waals surface area contributed by atoms with Crippen molar-refractivity contribution in [3.05, 3.63) is 52.9 Å². The second-order valence-electron chi connectivity index (χ2n) is 13.5. The van der Waals surface area contributed by atoms with E-state index in [-0.39, 0.29) is 42.5 Å². The maximum atomic E-state index is 13.9. The number of carbonyl (C=O) groups is 3. The Balaban J connectivity index is 1.32. The molecular weight excluding hydrogens is 620 g/mol. The monoisotopic (exact) mass is 668 g/mol. The summed E-state index contributed by atoms with van der Waals surface area (Å²) in [6, 6.07) is 9.48. The molecule has 1 aliphatic heterocycles. The molecule has 1 aromatic carbocycles. The molecule has 3 heterocycles. The molecule has 11 nitrogen and oxygen atoms in total. The first-order valence-electron chi connectivity index (χ1n) is 16.3. The molecule has 3 aromatic rings. The Morgan fingerprint density at radius 2 is 1.85 bits per heavy atom. The predicted octanol–water partition coefficient (Wildman–Crippen LogP) is 5.97. The number of hydrogen-bond donors (Lipinski definition) is 2. The van der Waals surface area contributed by atoms with Crippen LogP contribution in [-0.4, -0.2) is 69.0 Å². The van der Waals surface area contributed by atoms with Crippen molar-refractivity contribution in [3.63, 3.8) is 0 Å². The summed E-state index contributed by atoms with van der Waals surface area (Å²) in [6.45, 7) is 13.7. The number of carbonyl (C=O) groups excluding carboxylic acids is 3. The van der Waals surface area contributed by atoms with Gasteiger partial charge in [-0.05, 0) is 76.1 Å². The molecule has 256 valence electrons. The summed E-state index contributed by atoms with van der Waals surface area (Å²) >= 11 is 1.58. The summed E-state index contributed by atoms with van der Waals surface area (Å²) in [7, 11) is 0. The van der Waals surface area contributed by atoms with Crippen molar-refractivity contribution in [2.45, 2.75) is 110 Å². The summed E-state index contributed by atoms with van der Waals surface area (Å²) in [5.41, 5.74) is 4.20. The highest BCUT2D eigenvalue weighted by atomic mass is 32.1. The molecule has 1 aliphatic rings. The Bertz CT molecular complexity index is 1490. The quantitative estimate of drug-likeness (QED) is 0.157. The van der Waals surface area contributed by atoms with Crippen LogP contribution in [0.5, 0.6) is 5.88 Å². The molecule has 0 radical (unpaired) electrons. The van der Waals surface area contributed by atoms with Gasteiger partial charge in [0.15, 0.2) is 5.76 Å². The molecule has 47 heavy (non-hydrogen) atoms. The average Bonchev–Trinajstić information content (AvgIpc) is 3.73. The molecule has 0 unspecified atom stereocenters. The predicted molar refractivity (Wildman–Crippen MR) is 179 cm³/mol. The summed E-state index contributed by atoms with van der Waals surface area (Å²) in [5.74, 6) is -1.35.